The Morgan fingerprint density at radius 2 is 2.32 bits per heavy atom. The summed E-state index contributed by atoms with van der Waals surface area (Å²) >= 11 is 0. The van der Waals surface area contributed by atoms with Gasteiger partial charge in [-0.1, -0.05) is 17.7 Å². The number of aliphatic hydroxyl groups is 1. The van der Waals surface area contributed by atoms with Crippen molar-refractivity contribution in [3.8, 4) is 5.75 Å². The number of aliphatic hydroxyl groups excluding tert-OH is 1. The Labute approximate surface area is 115 Å². The van der Waals surface area contributed by atoms with Crippen LogP contribution < -0.4 is 4.74 Å². The largest absolute Gasteiger partial charge is 0.488 e. The van der Waals surface area contributed by atoms with Gasteiger partial charge in [0.05, 0.1) is 0 Å². The molecule has 0 radical (unpaired) electrons. The Balaban J connectivity index is 1.58. The summed E-state index contributed by atoms with van der Waals surface area (Å²) in [6, 6.07) is 6.45. The molecule has 0 spiro atoms. The molecule has 2 unspecified atom stereocenters. The number of fused-ring (bicyclic) bond motifs is 1. The predicted molar refractivity (Wildman–Crippen MR) is 75.5 cm³/mol. The smallest absolute Gasteiger partial charge is 0.123 e. The van der Waals surface area contributed by atoms with Gasteiger partial charge < -0.3 is 9.84 Å². The Hall–Kier alpha value is -1.06. The maximum Gasteiger partial charge on any atom is 0.123 e. The minimum Gasteiger partial charge on any atom is -0.488 e. The molecular weight excluding hydrogens is 238 g/mol. The highest BCUT2D eigenvalue weighted by Crippen LogP contribution is 2.30. The van der Waals surface area contributed by atoms with Gasteiger partial charge in [-0.25, -0.2) is 0 Å². The minimum atomic E-state index is 0.286. The number of nitrogens with zero attached hydrogens (tertiary/aromatic N) is 1. The zero-order valence-corrected chi connectivity index (χ0v) is 11.6. The van der Waals surface area contributed by atoms with Crippen molar-refractivity contribution in [1.82, 2.24) is 4.90 Å². The number of likely N-dealkylation sites (tertiary alicyclic amines) is 1. The zero-order valence-electron chi connectivity index (χ0n) is 11.6. The SMILES string of the molecule is Cc1ccc2c(c1)CC(CN1CCCC(CO)C1)O2. The first kappa shape index (κ1) is 12.9. The van der Waals surface area contributed by atoms with E-state index >= 15 is 0 Å². The zero-order chi connectivity index (χ0) is 13.2. The molecule has 3 heteroatoms. The standard InChI is InChI=1S/C16H23NO2/c1-12-4-5-16-14(7-12)8-15(19-16)10-17-6-2-3-13(9-17)11-18/h4-5,7,13,15,18H,2-3,6,8-11H2,1H3. The highest BCUT2D eigenvalue weighted by molar-refractivity contribution is 5.40. The summed E-state index contributed by atoms with van der Waals surface area (Å²) < 4.78 is 6.03. The van der Waals surface area contributed by atoms with E-state index in [4.69, 9.17) is 4.74 Å². The summed E-state index contributed by atoms with van der Waals surface area (Å²) in [5.41, 5.74) is 2.65. The molecule has 1 N–H and O–H groups in total. The Kier molecular flexibility index (Phi) is 3.76. The first-order valence-electron chi connectivity index (χ1n) is 7.34. The van der Waals surface area contributed by atoms with E-state index in [2.05, 4.69) is 30.0 Å². The van der Waals surface area contributed by atoms with Crippen LogP contribution in [0, 0.1) is 12.8 Å². The van der Waals surface area contributed by atoms with Crippen LogP contribution in [0.5, 0.6) is 5.75 Å². The number of rotatable bonds is 3. The van der Waals surface area contributed by atoms with Crippen LogP contribution in [0.3, 0.4) is 0 Å². The van der Waals surface area contributed by atoms with Gasteiger partial charge in [0.15, 0.2) is 0 Å². The maximum absolute atomic E-state index is 9.28. The molecule has 2 aliphatic heterocycles. The normalized spacial score (nSPS) is 27.1. The number of aryl methyl sites for hydroxylation is 1. The molecule has 0 bridgehead atoms. The van der Waals surface area contributed by atoms with Gasteiger partial charge in [-0.3, -0.25) is 4.90 Å². The van der Waals surface area contributed by atoms with Crippen molar-refractivity contribution in [2.24, 2.45) is 5.92 Å². The number of hydrogen-bond donors (Lipinski definition) is 1. The third kappa shape index (κ3) is 2.93. The average Bonchev–Trinajstić information content (AvgIpc) is 2.80. The number of hydrogen-bond acceptors (Lipinski definition) is 3. The van der Waals surface area contributed by atoms with E-state index in [0.29, 0.717) is 12.5 Å². The van der Waals surface area contributed by atoms with Gasteiger partial charge >= 0.3 is 0 Å². The van der Waals surface area contributed by atoms with Crippen molar-refractivity contribution in [3.63, 3.8) is 0 Å². The molecule has 0 aliphatic carbocycles. The van der Waals surface area contributed by atoms with Crippen molar-refractivity contribution in [1.29, 1.82) is 0 Å². The van der Waals surface area contributed by atoms with Crippen LogP contribution in [0.15, 0.2) is 18.2 Å². The van der Waals surface area contributed by atoms with Crippen LogP contribution in [0.4, 0.5) is 0 Å². The summed E-state index contributed by atoms with van der Waals surface area (Å²) in [6.45, 7) is 5.60. The molecule has 104 valence electrons. The van der Waals surface area contributed by atoms with Crippen molar-refractivity contribution < 1.29 is 9.84 Å². The van der Waals surface area contributed by atoms with Gasteiger partial charge in [0.1, 0.15) is 11.9 Å². The molecule has 0 aromatic heterocycles. The van der Waals surface area contributed by atoms with Gasteiger partial charge in [-0.05, 0) is 43.9 Å². The Morgan fingerprint density at radius 3 is 3.16 bits per heavy atom. The number of piperidine rings is 1. The van der Waals surface area contributed by atoms with Crippen LogP contribution >= 0.6 is 0 Å². The monoisotopic (exact) mass is 261 g/mol. The second-order valence-corrected chi connectivity index (χ2v) is 6.01. The highest BCUT2D eigenvalue weighted by atomic mass is 16.5. The second-order valence-electron chi connectivity index (χ2n) is 6.01. The summed E-state index contributed by atoms with van der Waals surface area (Å²) in [6.07, 6.45) is 3.67. The lowest BCUT2D eigenvalue weighted by atomic mass is 9.98. The van der Waals surface area contributed by atoms with Crippen LogP contribution in [0.2, 0.25) is 0 Å². The molecule has 1 aromatic carbocycles. The highest BCUT2D eigenvalue weighted by Gasteiger charge is 2.27. The molecule has 3 nitrogen and oxygen atoms in total. The van der Waals surface area contributed by atoms with E-state index < -0.39 is 0 Å². The molecule has 1 saturated heterocycles. The first-order valence-corrected chi connectivity index (χ1v) is 7.34. The van der Waals surface area contributed by atoms with E-state index in [1.54, 1.807) is 0 Å². The van der Waals surface area contributed by atoms with E-state index in [1.807, 2.05) is 0 Å². The van der Waals surface area contributed by atoms with E-state index in [0.717, 1.165) is 38.2 Å². The van der Waals surface area contributed by atoms with Gasteiger partial charge in [0.25, 0.3) is 0 Å². The lowest BCUT2D eigenvalue weighted by Crippen LogP contribution is -2.42. The molecule has 2 aliphatic rings. The second kappa shape index (κ2) is 5.51. The molecule has 1 fully saturated rings. The number of benzene rings is 1. The molecule has 1 aromatic rings. The van der Waals surface area contributed by atoms with Crippen LogP contribution in [-0.2, 0) is 6.42 Å². The van der Waals surface area contributed by atoms with Gasteiger partial charge in [-0.15, -0.1) is 0 Å². The van der Waals surface area contributed by atoms with Crippen molar-refractivity contribution in [3.05, 3.63) is 29.3 Å². The Morgan fingerprint density at radius 1 is 1.42 bits per heavy atom. The predicted octanol–water partition coefficient (Wildman–Crippen LogP) is 2.00. The first-order chi connectivity index (χ1) is 9.24. The van der Waals surface area contributed by atoms with Crippen molar-refractivity contribution in [2.75, 3.05) is 26.2 Å². The molecule has 19 heavy (non-hydrogen) atoms. The summed E-state index contributed by atoms with van der Waals surface area (Å²) in [5.74, 6) is 1.52. The summed E-state index contributed by atoms with van der Waals surface area (Å²) in [4.78, 5) is 2.45. The van der Waals surface area contributed by atoms with Gasteiger partial charge in [-0.2, -0.15) is 0 Å². The van der Waals surface area contributed by atoms with Crippen LogP contribution in [-0.4, -0.2) is 42.4 Å². The molecule has 2 heterocycles. The Bertz CT molecular complexity index is 446. The fraction of sp³-hybridized carbons (Fsp3) is 0.625. The van der Waals surface area contributed by atoms with Crippen LogP contribution in [0.1, 0.15) is 24.0 Å². The molecule has 0 amide bonds. The number of ether oxygens (including phenoxy) is 1. The van der Waals surface area contributed by atoms with Crippen molar-refractivity contribution >= 4 is 0 Å². The van der Waals surface area contributed by atoms with E-state index in [-0.39, 0.29) is 6.10 Å². The fourth-order valence-electron chi connectivity index (χ4n) is 3.31. The molecule has 3 rings (SSSR count). The lowest BCUT2D eigenvalue weighted by Gasteiger charge is -2.33. The third-order valence-electron chi connectivity index (χ3n) is 4.28. The van der Waals surface area contributed by atoms with Crippen molar-refractivity contribution in [2.45, 2.75) is 32.3 Å². The lowest BCUT2D eigenvalue weighted by molar-refractivity contribution is 0.0858. The van der Waals surface area contributed by atoms with E-state index in [1.165, 1.54) is 17.5 Å². The maximum atomic E-state index is 9.28. The summed E-state index contributed by atoms with van der Waals surface area (Å²) in [7, 11) is 0. The topological polar surface area (TPSA) is 32.7 Å². The van der Waals surface area contributed by atoms with Crippen LogP contribution in [0.25, 0.3) is 0 Å². The third-order valence-corrected chi connectivity index (χ3v) is 4.28. The molecule has 2 atom stereocenters. The van der Waals surface area contributed by atoms with Gasteiger partial charge in [0.2, 0.25) is 0 Å². The quantitative estimate of drug-likeness (QED) is 0.903. The molecular formula is C16H23NO2. The molecule has 0 saturated carbocycles. The van der Waals surface area contributed by atoms with Gasteiger partial charge in [0, 0.05) is 26.1 Å². The van der Waals surface area contributed by atoms with E-state index in [9.17, 15) is 5.11 Å². The minimum absolute atomic E-state index is 0.286. The summed E-state index contributed by atoms with van der Waals surface area (Å²) in [5, 5.41) is 9.28. The average molecular weight is 261 g/mol. The fourth-order valence-corrected chi connectivity index (χ4v) is 3.31.